The molecule has 2 aromatic rings. The molecule has 0 saturated carbocycles. The molecule has 2 atom stereocenters. The average Bonchev–Trinajstić information content (AvgIpc) is 2.96. The number of benzene rings is 1. The number of hydrogen-bond donors (Lipinski definition) is 0. The number of piperidine rings is 1. The molecule has 33 heavy (non-hydrogen) atoms. The Hall–Kier alpha value is -0.990. The zero-order valence-electron chi connectivity index (χ0n) is 18.4. The molecule has 1 unspecified atom stereocenters. The third-order valence-electron chi connectivity index (χ3n) is 7.07. The molecule has 2 saturated heterocycles. The van der Waals surface area contributed by atoms with Crippen molar-refractivity contribution in [1.29, 1.82) is 0 Å². The predicted molar refractivity (Wildman–Crippen MR) is 135 cm³/mol. The molecule has 3 heterocycles. The summed E-state index contributed by atoms with van der Waals surface area (Å²) in [6, 6.07) is 6.32. The van der Waals surface area contributed by atoms with E-state index in [1.54, 1.807) is 0 Å². The van der Waals surface area contributed by atoms with Crippen molar-refractivity contribution in [2.24, 2.45) is 5.92 Å². The number of hydrogen-bond acceptors (Lipinski definition) is 4. The van der Waals surface area contributed by atoms with Gasteiger partial charge < -0.3 is 14.4 Å². The smallest absolute Gasteiger partial charge is 0.225 e. The number of carbonyl (C=O) groups excluding carboxylic acids is 1. The minimum atomic E-state index is -0.118. The van der Waals surface area contributed by atoms with Crippen LogP contribution in [-0.4, -0.2) is 54.8 Å². The maximum atomic E-state index is 12.9. The highest BCUT2D eigenvalue weighted by Crippen LogP contribution is 2.46. The number of fused-ring (bicyclic) bond motifs is 2. The lowest BCUT2D eigenvalue weighted by molar-refractivity contribution is -0.142. The molecule has 1 aromatic heterocycles. The lowest BCUT2D eigenvalue weighted by Gasteiger charge is -2.37. The molecule has 5 rings (SSSR count). The van der Waals surface area contributed by atoms with E-state index in [0.29, 0.717) is 32.2 Å². The fourth-order valence-corrected chi connectivity index (χ4v) is 6.99. The Kier molecular flexibility index (Phi) is 7.43. The van der Waals surface area contributed by atoms with Gasteiger partial charge in [-0.2, -0.15) is 0 Å². The van der Waals surface area contributed by atoms with Gasteiger partial charge in [-0.05, 0) is 82.4 Å². The van der Waals surface area contributed by atoms with E-state index in [2.05, 4.69) is 44.0 Å². The summed E-state index contributed by atoms with van der Waals surface area (Å²) in [4.78, 5) is 19.8. The summed E-state index contributed by atoms with van der Waals surface area (Å²) in [5.74, 6) is 0.760. The van der Waals surface area contributed by atoms with Crippen LogP contribution in [0.15, 0.2) is 33.3 Å². The predicted octanol–water partition coefficient (Wildman–Crippen LogP) is 5.53. The molecule has 5 nitrogen and oxygen atoms in total. The Bertz CT molecular complexity index is 1040. The van der Waals surface area contributed by atoms with E-state index in [-0.39, 0.29) is 17.9 Å². The lowest BCUT2D eigenvalue weighted by Crippen LogP contribution is -2.42. The fourth-order valence-electron chi connectivity index (χ4n) is 5.49. The van der Waals surface area contributed by atoms with Gasteiger partial charge in [0.25, 0.3) is 0 Å². The Morgan fingerprint density at radius 1 is 1.12 bits per heavy atom. The normalized spacial score (nSPS) is 23.5. The summed E-state index contributed by atoms with van der Waals surface area (Å²) >= 11 is 13.8. The van der Waals surface area contributed by atoms with E-state index < -0.39 is 0 Å². The summed E-state index contributed by atoms with van der Waals surface area (Å²) < 4.78 is 13.2. The second-order valence-electron chi connectivity index (χ2n) is 9.13. The van der Waals surface area contributed by atoms with E-state index in [0.717, 1.165) is 58.4 Å². The minimum Gasteiger partial charge on any atom is -0.376 e. The first-order valence-electron chi connectivity index (χ1n) is 11.6. The van der Waals surface area contributed by atoms with Crippen LogP contribution in [0.2, 0.25) is 5.02 Å². The van der Waals surface area contributed by atoms with Gasteiger partial charge >= 0.3 is 0 Å². The van der Waals surface area contributed by atoms with Crippen molar-refractivity contribution in [3.63, 3.8) is 0 Å². The first-order chi connectivity index (χ1) is 16.0. The number of rotatable bonds is 3. The summed E-state index contributed by atoms with van der Waals surface area (Å²) in [5.41, 5.74) is 5.06. The van der Waals surface area contributed by atoms with Crippen molar-refractivity contribution >= 4 is 49.4 Å². The maximum Gasteiger partial charge on any atom is 0.225 e. The van der Waals surface area contributed by atoms with Crippen LogP contribution in [0.25, 0.3) is 0 Å². The Balaban J connectivity index is 1.38. The van der Waals surface area contributed by atoms with Crippen LogP contribution in [0.3, 0.4) is 0 Å². The number of nitrogens with zero attached hydrogens (tertiary/aromatic N) is 2. The first kappa shape index (κ1) is 23.7. The van der Waals surface area contributed by atoms with Crippen LogP contribution in [-0.2, 0) is 27.1 Å². The Labute approximate surface area is 216 Å². The molecule has 2 aliphatic heterocycles. The van der Waals surface area contributed by atoms with Gasteiger partial charge in [0.1, 0.15) is 0 Å². The Morgan fingerprint density at radius 3 is 2.67 bits per heavy atom. The zero-order chi connectivity index (χ0) is 22.9. The van der Waals surface area contributed by atoms with Crippen molar-refractivity contribution in [2.45, 2.75) is 44.1 Å². The highest BCUT2D eigenvalue weighted by Gasteiger charge is 2.36. The molecular weight excluding hydrogens is 572 g/mol. The fraction of sp³-hybridized carbons (Fsp3) is 0.520. The molecule has 1 aromatic carbocycles. The topological polar surface area (TPSA) is 51.7 Å². The number of aryl methyl sites for hydroxylation is 2. The molecule has 3 aliphatic rings. The van der Waals surface area contributed by atoms with Crippen molar-refractivity contribution in [1.82, 2.24) is 9.88 Å². The van der Waals surface area contributed by atoms with Crippen LogP contribution in [0, 0.1) is 5.92 Å². The zero-order valence-corrected chi connectivity index (χ0v) is 22.3. The molecule has 1 aliphatic carbocycles. The number of aromatic nitrogens is 1. The van der Waals surface area contributed by atoms with Crippen molar-refractivity contribution in [2.75, 3.05) is 32.9 Å². The van der Waals surface area contributed by atoms with Crippen LogP contribution in [0.1, 0.15) is 47.6 Å². The third kappa shape index (κ3) is 5.18. The number of carbonyl (C=O) groups is 1. The van der Waals surface area contributed by atoms with Crippen LogP contribution in [0.5, 0.6) is 0 Å². The standard InChI is InChI=1S/C25H27Br2ClN2O3/c26-18-9-17-2-1-16-10-19(28)11-21(27)23(16)24(25(17)29-13-18)15-3-5-30(6-4-15)22(31)12-20-14-32-7-8-33-20/h9-11,13,15,20,24H,1-8,12,14H2/t20?,24-/m1/s1. The highest BCUT2D eigenvalue weighted by atomic mass is 79.9. The molecule has 0 spiro atoms. The van der Waals surface area contributed by atoms with E-state index >= 15 is 0 Å². The monoisotopic (exact) mass is 596 g/mol. The second-order valence-corrected chi connectivity index (χ2v) is 11.3. The van der Waals surface area contributed by atoms with Crippen LogP contribution >= 0.6 is 43.5 Å². The van der Waals surface area contributed by atoms with Gasteiger partial charge in [-0.3, -0.25) is 9.78 Å². The average molecular weight is 599 g/mol. The third-order valence-corrected chi connectivity index (χ3v) is 8.38. The number of likely N-dealkylation sites (tertiary alicyclic amines) is 1. The summed E-state index contributed by atoms with van der Waals surface area (Å²) in [7, 11) is 0. The van der Waals surface area contributed by atoms with Gasteiger partial charge in [-0.15, -0.1) is 0 Å². The highest BCUT2D eigenvalue weighted by molar-refractivity contribution is 9.10. The van der Waals surface area contributed by atoms with Crippen LogP contribution in [0.4, 0.5) is 0 Å². The lowest BCUT2D eigenvalue weighted by atomic mass is 9.76. The summed E-state index contributed by atoms with van der Waals surface area (Å²) in [6.45, 7) is 3.23. The van der Waals surface area contributed by atoms with Gasteiger partial charge in [-0.25, -0.2) is 0 Å². The van der Waals surface area contributed by atoms with Crippen molar-refractivity contribution < 1.29 is 14.3 Å². The Morgan fingerprint density at radius 2 is 1.91 bits per heavy atom. The second kappa shape index (κ2) is 10.3. The van der Waals surface area contributed by atoms with E-state index in [4.69, 9.17) is 26.1 Å². The van der Waals surface area contributed by atoms with Gasteiger partial charge in [0.05, 0.1) is 38.0 Å². The number of pyridine rings is 1. The number of halogens is 3. The largest absolute Gasteiger partial charge is 0.376 e. The molecule has 176 valence electrons. The first-order valence-corrected chi connectivity index (χ1v) is 13.5. The molecular formula is C25H27Br2ClN2O3. The number of ether oxygens (including phenoxy) is 2. The van der Waals surface area contributed by atoms with Gasteiger partial charge in [0, 0.05) is 39.2 Å². The molecule has 8 heteroatoms. The number of amides is 1. The molecule has 0 N–H and O–H groups in total. The summed E-state index contributed by atoms with van der Waals surface area (Å²) in [6.07, 6.45) is 5.97. The SMILES string of the molecule is O=C(CC1COCCO1)N1CCC([C@H]2c3ncc(Br)cc3CCc3cc(Cl)cc(Br)c32)CC1. The van der Waals surface area contributed by atoms with Crippen molar-refractivity contribution in [3.8, 4) is 0 Å². The van der Waals surface area contributed by atoms with Crippen molar-refractivity contribution in [3.05, 3.63) is 60.7 Å². The molecule has 0 bridgehead atoms. The molecule has 2 fully saturated rings. The molecule has 1 amide bonds. The van der Waals surface area contributed by atoms with Gasteiger partial charge in [0.2, 0.25) is 5.91 Å². The molecule has 0 radical (unpaired) electrons. The maximum absolute atomic E-state index is 12.9. The van der Waals surface area contributed by atoms with Gasteiger partial charge in [0.15, 0.2) is 0 Å². The minimum absolute atomic E-state index is 0.118. The summed E-state index contributed by atoms with van der Waals surface area (Å²) in [5, 5.41) is 0.758. The quantitative estimate of drug-likeness (QED) is 0.466. The van der Waals surface area contributed by atoms with Gasteiger partial charge in [-0.1, -0.05) is 27.5 Å². The van der Waals surface area contributed by atoms with Crippen LogP contribution < -0.4 is 0 Å². The van der Waals surface area contributed by atoms with E-state index in [1.807, 2.05) is 17.2 Å². The van der Waals surface area contributed by atoms with E-state index in [9.17, 15) is 4.79 Å². The van der Waals surface area contributed by atoms with E-state index in [1.165, 1.54) is 16.7 Å².